The Morgan fingerprint density at radius 2 is 1.42 bits per heavy atom. The van der Waals surface area contributed by atoms with Gasteiger partial charge in [0, 0.05) is 21.9 Å². The second kappa shape index (κ2) is 5.81. The van der Waals surface area contributed by atoms with Crippen molar-refractivity contribution in [3.63, 3.8) is 0 Å². The molecule has 5 rings (SSSR count). The predicted octanol–water partition coefficient (Wildman–Crippen LogP) is 6.02. The molecule has 5 aromatic rings. The van der Waals surface area contributed by atoms with Gasteiger partial charge < -0.3 is 4.42 Å². The lowest BCUT2D eigenvalue weighted by molar-refractivity contribution is 0.670. The highest BCUT2D eigenvalue weighted by atomic mass is 16.3. The minimum Gasteiger partial charge on any atom is -0.455 e. The van der Waals surface area contributed by atoms with Gasteiger partial charge in [-0.1, -0.05) is 60.7 Å². The number of benzene rings is 3. The molecule has 26 heavy (non-hydrogen) atoms. The number of hydrogen-bond donors (Lipinski definition) is 0. The molecule has 0 unspecified atom stereocenters. The van der Waals surface area contributed by atoms with Gasteiger partial charge >= 0.3 is 0 Å². The fraction of sp³-hybridized carbons (Fsp3) is 0.0435. The summed E-state index contributed by atoms with van der Waals surface area (Å²) in [4.78, 5) is 9.29. The normalized spacial score (nSPS) is 11.3. The minimum atomic E-state index is 0.745. The van der Waals surface area contributed by atoms with Crippen molar-refractivity contribution in [2.45, 2.75) is 6.92 Å². The highest BCUT2D eigenvalue weighted by Gasteiger charge is 2.14. The Morgan fingerprint density at radius 1 is 0.692 bits per heavy atom. The summed E-state index contributed by atoms with van der Waals surface area (Å²) in [5.41, 5.74) is 5.62. The molecule has 0 spiro atoms. The summed E-state index contributed by atoms with van der Waals surface area (Å²) in [7, 11) is 0. The van der Waals surface area contributed by atoms with E-state index in [1.807, 2.05) is 49.4 Å². The molecule has 0 saturated carbocycles. The van der Waals surface area contributed by atoms with Crippen LogP contribution in [0.25, 0.3) is 44.5 Å². The largest absolute Gasteiger partial charge is 0.455 e. The molecular weight excluding hydrogens is 320 g/mol. The van der Waals surface area contributed by atoms with Crippen molar-refractivity contribution < 1.29 is 4.42 Å². The van der Waals surface area contributed by atoms with Gasteiger partial charge in [0.1, 0.15) is 17.0 Å². The summed E-state index contributed by atoms with van der Waals surface area (Å²) >= 11 is 0. The molecule has 2 aromatic heterocycles. The average molecular weight is 336 g/mol. The summed E-state index contributed by atoms with van der Waals surface area (Å²) in [5.74, 6) is 0.745. The standard InChI is InChI=1S/C23H16N2O/c1-15-24-20(16-8-3-2-4-9-16)14-21(25-15)19-12-7-11-18-17-10-5-6-13-22(17)26-23(18)19/h2-14H,1H3. The molecule has 3 heteroatoms. The smallest absolute Gasteiger partial charge is 0.144 e. The maximum atomic E-state index is 6.16. The first-order valence-electron chi connectivity index (χ1n) is 8.61. The zero-order valence-corrected chi connectivity index (χ0v) is 14.3. The lowest BCUT2D eigenvalue weighted by atomic mass is 10.0. The van der Waals surface area contributed by atoms with Crippen molar-refractivity contribution in [1.82, 2.24) is 9.97 Å². The third kappa shape index (κ3) is 2.37. The molecule has 0 aliphatic rings. The van der Waals surface area contributed by atoms with Crippen molar-refractivity contribution in [2.24, 2.45) is 0 Å². The average Bonchev–Trinajstić information content (AvgIpc) is 3.07. The lowest BCUT2D eigenvalue weighted by Gasteiger charge is -2.07. The van der Waals surface area contributed by atoms with Crippen LogP contribution >= 0.6 is 0 Å². The Morgan fingerprint density at radius 3 is 2.31 bits per heavy atom. The molecule has 124 valence electrons. The molecule has 0 atom stereocenters. The molecule has 0 fully saturated rings. The zero-order valence-electron chi connectivity index (χ0n) is 14.3. The fourth-order valence-corrected chi connectivity index (χ4v) is 3.41. The molecule has 0 radical (unpaired) electrons. The molecule has 0 saturated heterocycles. The highest BCUT2D eigenvalue weighted by Crippen LogP contribution is 2.35. The topological polar surface area (TPSA) is 38.9 Å². The zero-order chi connectivity index (χ0) is 17.5. The minimum absolute atomic E-state index is 0.745. The summed E-state index contributed by atoms with van der Waals surface area (Å²) in [6, 6.07) is 26.5. The van der Waals surface area contributed by atoms with Crippen LogP contribution in [0, 0.1) is 6.92 Å². The Hall–Kier alpha value is -3.46. The van der Waals surface area contributed by atoms with E-state index < -0.39 is 0 Å². The number of aryl methyl sites for hydroxylation is 1. The van der Waals surface area contributed by atoms with Crippen LogP contribution in [0.15, 0.2) is 83.3 Å². The fourth-order valence-electron chi connectivity index (χ4n) is 3.41. The molecule has 3 aromatic carbocycles. The Bertz CT molecular complexity index is 1240. The van der Waals surface area contributed by atoms with Gasteiger partial charge in [-0.3, -0.25) is 0 Å². The van der Waals surface area contributed by atoms with Gasteiger partial charge in [0.15, 0.2) is 0 Å². The van der Waals surface area contributed by atoms with E-state index in [0.29, 0.717) is 0 Å². The van der Waals surface area contributed by atoms with Crippen LogP contribution in [-0.2, 0) is 0 Å². The summed E-state index contributed by atoms with van der Waals surface area (Å²) in [5, 5.41) is 2.23. The lowest BCUT2D eigenvalue weighted by Crippen LogP contribution is -1.94. The van der Waals surface area contributed by atoms with Crippen LogP contribution in [0.5, 0.6) is 0 Å². The van der Waals surface area contributed by atoms with Crippen molar-refractivity contribution in [1.29, 1.82) is 0 Å². The monoisotopic (exact) mass is 336 g/mol. The number of para-hydroxylation sites is 2. The van der Waals surface area contributed by atoms with Crippen molar-refractivity contribution in [3.8, 4) is 22.5 Å². The van der Waals surface area contributed by atoms with Crippen LogP contribution < -0.4 is 0 Å². The molecule has 0 N–H and O–H groups in total. The molecular formula is C23H16N2O. The highest BCUT2D eigenvalue weighted by molar-refractivity contribution is 6.09. The predicted molar refractivity (Wildman–Crippen MR) is 105 cm³/mol. The maximum Gasteiger partial charge on any atom is 0.144 e. The first-order chi connectivity index (χ1) is 12.8. The first-order valence-corrected chi connectivity index (χ1v) is 8.61. The van der Waals surface area contributed by atoms with Crippen molar-refractivity contribution >= 4 is 21.9 Å². The molecule has 2 heterocycles. The van der Waals surface area contributed by atoms with E-state index in [2.05, 4.69) is 46.4 Å². The molecule has 0 amide bonds. The van der Waals surface area contributed by atoms with Gasteiger partial charge in [0.05, 0.1) is 11.4 Å². The molecule has 0 aliphatic heterocycles. The van der Waals surface area contributed by atoms with Gasteiger partial charge in [0.2, 0.25) is 0 Å². The van der Waals surface area contributed by atoms with Gasteiger partial charge in [-0.15, -0.1) is 0 Å². The SMILES string of the molecule is Cc1nc(-c2ccccc2)cc(-c2cccc3c2oc2ccccc23)n1. The van der Waals surface area contributed by atoms with E-state index in [1.54, 1.807) is 0 Å². The molecule has 3 nitrogen and oxygen atoms in total. The summed E-state index contributed by atoms with van der Waals surface area (Å²) in [6.45, 7) is 1.93. The number of aromatic nitrogens is 2. The third-order valence-corrected chi connectivity index (χ3v) is 4.59. The Labute approximate surface area is 151 Å². The van der Waals surface area contributed by atoms with Gasteiger partial charge in [-0.25, -0.2) is 9.97 Å². The Kier molecular flexibility index (Phi) is 3.32. The van der Waals surface area contributed by atoms with Crippen LogP contribution in [0.2, 0.25) is 0 Å². The quantitative estimate of drug-likeness (QED) is 0.396. The first kappa shape index (κ1) is 14.8. The van der Waals surface area contributed by atoms with Crippen molar-refractivity contribution in [2.75, 3.05) is 0 Å². The van der Waals surface area contributed by atoms with Crippen LogP contribution in [0.1, 0.15) is 5.82 Å². The van der Waals surface area contributed by atoms with Gasteiger partial charge in [-0.05, 0) is 25.1 Å². The van der Waals surface area contributed by atoms with E-state index >= 15 is 0 Å². The van der Waals surface area contributed by atoms with Crippen LogP contribution in [-0.4, -0.2) is 9.97 Å². The number of hydrogen-bond acceptors (Lipinski definition) is 3. The van der Waals surface area contributed by atoms with E-state index in [-0.39, 0.29) is 0 Å². The van der Waals surface area contributed by atoms with Crippen molar-refractivity contribution in [3.05, 3.63) is 84.7 Å². The Balaban J connectivity index is 1.77. The van der Waals surface area contributed by atoms with E-state index in [4.69, 9.17) is 4.42 Å². The number of furan rings is 1. The van der Waals surface area contributed by atoms with E-state index in [9.17, 15) is 0 Å². The van der Waals surface area contributed by atoms with E-state index in [0.717, 1.165) is 50.3 Å². The van der Waals surface area contributed by atoms with E-state index in [1.165, 1.54) is 0 Å². The second-order valence-electron chi connectivity index (χ2n) is 6.33. The number of fused-ring (bicyclic) bond motifs is 3. The summed E-state index contributed by atoms with van der Waals surface area (Å²) < 4.78 is 6.16. The van der Waals surface area contributed by atoms with Gasteiger partial charge in [0.25, 0.3) is 0 Å². The maximum absolute atomic E-state index is 6.16. The second-order valence-corrected chi connectivity index (χ2v) is 6.33. The molecule has 0 aliphatic carbocycles. The van der Waals surface area contributed by atoms with Crippen LogP contribution in [0.4, 0.5) is 0 Å². The van der Waals surface area contributed by atoms with Crippen LogP contribution in [0.3, 0.4) is 0 Å². The summed E-state index contributed by atoms with van der Waals surface area (Å²) in [6.07, 6.45) is 0. The number of rotatable bonds is 2. The third-order valence-electron chi connectivity index (χ3n) is 4.59. The number of nitrogens with zero attached hydrogens (tertiary/aromatic N) is 2. The van der Waals surface area contributed by atoms with Gasteiger partial charge in [-0.2, -0.15) is 0 Å². The molecule has 0 bridgehead atoms.